The number of ether oxygens (including phenoxy) is 1. The van der Waals surface area contributed by atoms with Gasteiger partial charge in [-0.25, -0.2) is 0 Å². The first kappa shape index (κ1) is 17.1. The van der Waals surface area contributed by atoms with Gasteiger partial charge in [-0.15, -0.1) is 11.3 Å². The lowest BCUT2D eigenvalue weighted by Crippen LogP contribution is -2.26. The van der Waals surface area contributed by atoms with Gasteiger partial charge in [-0.1, -0.05) is 6.07 Å². The molecule has 23 heavy (non-hydrogen) atoms. The average molecular weight is 333 g/mol. The minimum Gasteiger partial charge on any atom is -0.454 e. The van der Waals surface area contributed by atoms with Crippen molar-refractivity contribution in [2.24, 2.45) is 0 Å². The number of thiophene rings is 1. The highest BCUT2D eigenvalue weighted by Gasteiger charge is 2.26. The third-order valence-corrected chi connectivity index (χ3v) is 4.49. The van der Waals surface area contributed by atoms with Crippen LogP contribution in [0.2, 0.25) is 0 Å². The van der Waals surface area contributed by atoms with Gasteiger partial charge < -0.3 is 9.72 Å². The van der Waals surface area contributed by atoms with Gasteiger partial charge in [0.2, 0.25) is 5.78 Å². The Morgan fingerprint density at radius 2 is 2.00 bits per heavy atom. The normalized spacial score (nSPS) is 12.0. The Hall–Kier alpha value is -2.21. The van der Waals surface area contributed by atoms with Crippen LogP contribution in [0.4, 0.5) is 0 Å². The van der Waals surface area contributed by atoms with E-state index in [1.807, 2.05) is 17.5 Å². The van der Waals surface area contributed by atoms with Crippen molar-refractivity contribution in [1.82, 2.24) is 4.98 Å². The SMILES string of the molecule is CC(=O)c1c(C)[nH]c(C(=O)C(C)OC(=O)Cc2cccs2)c1C. The van der Waals surface area contributed by atoms with Crippen LogP contribution < -0.4 is 0 Å². The molecule has 0 fully saturated rings. The summed E-state index contributed by atoms with van der Waals surface area (Å²) in [6.45, 7) is 6.46. The minimum absolute atomic E-state index is 0.0994. The predicted molar refractivity (Wildman–Crippen MR) is 88.2 cm³/mol. The molecule has 1 atom stereocenters. The molecule has 0 spiro atoms. The van der Waals surface area contributed by atoms with E-state index < -0.39 is 12.1 Å². The van der Waals surface area contributed by atoms with Crippen LogP contribution in [0.3, 0.4) is 0 Å². The number of esters is 1. The van der Waals surface area contributed by atoms with Gasteiger partial charge in [0.15, 0.2) is 11.9 Å². The summed E-state index contributed by atoms with van der Waals surface area (Å²) in [6, 6.07) is 3.70. The highest BCUT2D eigenvalue weighted by molar-refractivity contribution is 7.10. The third-order valence-electron chi connectivity index (χ3n) is 3.61. The molecule has 1 N–H and O–H groups in total. The minimum atomic E-state index is -0.904. The van der Waals surface area contributed by atoms with Gasteiger partial charge in [-0.05, 0) is 44.7 Å². The molecule has 2 aromatic heterocycles. The molecule has 1 unspecified atom stereocenters. The fraction of sp³-hybridized carbons (Fsp3) is 0.353. The van der Waals surface area contributed by atoms with Crippen molar-refractivity contribution in [1.29, 1.82) is 0 Å². The topological polar surface area (TPSA) is 76.2 Å². The van der Waals surface area contributed by atoms with Gasteiger partial charge in [0, 0.05) is 16.1 Å². The van der Waals surface area contributed by atoms with E-state index in [2.05, 4.69) is 4.98 Å². The summed E-state index contributed by atoms with van der Waals surface area (Å²) in [7, 11) is 0. The number of aromatic amines is 1. The van der Waals surface area contributed by atoms with Crippen LogP contribution in [-0.4, -0.2) is 28.6 Å². The lowest BCUT2D eigenvalue weighted by Gasteiger charge is -2.12. The predicted octanol–water partition coefficient (Wildman–Crippen LogP) is 3.25. The molecular formula is C17H19NO4S. The number of ketones is 2. The van der Waals surface area contributed by atoms with Crippen LogP contribution in [0.1, 0.15) is 50.8 Å². The second-order valence-electron chi connectivity index (χ2n) is 5.43. The highest BCUT2D eigenvalue weighted by atomic mass is 32.1. The lowest BCUT2D eigenvalue weighted by atomic mass is 10.0. The summed E-state index contributed by atoms with van der Waals surface area (Å²) >= 11 is 1.46. The zero-order valence-corrected chi connectivity index (χ0v) is 14.4. The molecular weight excluding hydrogens is 314 g/mol. The van der Waals surface area contributed by atoms with Crippen molar-refractivity contribution >= 4 is 28.9 Å². The number of carbonyl (C=O) groups excluding carboxylic acids is 3. The Labute approximate surface area is 138 Å². The number of carbonyl (C=O) groups is 3. The first-order valence-corrected chi connectivity index (χ1v) is 8.15. The standard InChI is InChI=1S/C17H19NO4S/c1-9-15(11(3)19)10(2)18-16(9)17(21)12(4)22-14(20)8-13-6-5-7-23-13/h5-7,12,18H,8H2,1-4H3. The lowest BCUT2D eigenvalue weighted by molar-refractivity contribution is -0.145. The van der Waals surface area contributed by atoms with Gasteiger partial charge in [-0.2, -0.15) is 0 Å². The van der Waals surface area contributed by atoms with Crippen molar-refractivity contribution in [2.75, 3.05) is 0 Å². The molecule has 0 aliphatic rings. The first-order chi connectivity index (χ1) is 10.8. The number of nitrogens with one attached hydrogen (secondary N) is 1. The van der Waals surface area contributed by atoms with Crippen LogP contribution in [0, 0.1) is 13.8 Å². The number of Topliss-reactive ketones (excluding diaryl/α,β-unsaturated/α-hetero) is 2. The third kappa shape index (κ3) is 3.76. The van der Waals surface area contributed by atoms with Gasteiger partial charge in [-0.3, -0.25) is 14.4 Å². The van der Waals surface area contributed by atoms with E-state index in [4.69, 9.17) is 4.74 Å². The Kier molecular flexibility index (Phi) is 5.15. The van der Waals surface area contributed by atoms with E-state index in [0.717, 1.165) is 4.88 Å². The zero-order chi connectivity index (χ0) is 17.1. The molecule has 2 aromatic rings. The fourth-order valence-electron chi connectivity index (χ4n) is 2.58. The molecule has 5 nitrogen and oxygen atoms in total. The summed E-state index contributed by atoms with van der Waals surface area (Å²) < 4.78 is 5.22. The second-order valence-corrected chi connectivity index (χ2v) is 6.47. The Morgan fingerprint density at radius 1 is 1.30 bits per heavy atom. The maximum atomic E-state index is 12.5. The summed E-state index contributed by atoms with van der Waals surface area (Å²) in [4.78, 5) is 39.8. The number of aryl methyl sites for hydroxylation is 1. The van der Waals surface area contributed by atoms with E-state index >= 15 is 0 Å². The smallest absolute Gasteiger partial charge is 0.311 e. The number of H-pyrrole nitrogens is 1. The van der Waals surface area contributed by atoms with Crippen molar-refractivity contribution < 1.29 is 19.1 Å². The number of rotatable bonds is 6. The average Bonchev–Trinajstić information content (AvgIpc) is 3.05. The molecule has 2 heterocycles. The summed E-state index contributed by atoms with van der Waals surface area (Å²) in [5.41, 5.74) is 2.09. The number of aromatic nitrogens is 1. The molecule has 6 heteroatoms. The quantitative estimate of drug-likeness (QED) is 0.650. The largest absolute Gasteiger partial charge is 0.454 e. The summed E-state index contributed by atoms with van der Waals surface area (Å²) in [5, 5.41) is 1.88. The Morgan fingerprint density at radius 3 is 2.52 bits per heavy atom. The molecule has 0 amide bonds. The van der Waals surface area contributed by atoms with Crippen LogP contribution in [0.25, 0.3) is 0 Å². The molecule has 122 valence electrons. The molecule has 0 saturated heterocycles. The second kappa shape index (κ2) is 6.91. The van der Waals surface area contributed by atoms with Gasteiger partial charge in [0.05, 0.1) is 12.1 Å². The number of hydrogen-bond acceptors (Lipinski definition) is 5. The molecule has 0 bridgehead atoms. The van der Waals surface area contributed by atoms with Crippen molar-refractivity contribution in [3.63, 3.8) is 0 Å². The zero-order valence-electron chi connectivity index (χ0n) is 13.6. The summed E-state index contributed by atoms with van der Waals surface area (Å²) in [5.74, 6) is -0.878. The van der Waals surface area contributed by atoms with Gasteiger partial charge in [0.25, 0.3) is 0 Å². The molecule has 0 aromatic carbocycles. The van der Waals surface area contributed by atoms with Gasteiger partial charge >= 0.3 is 5.97 Å². The van der Waals surface area contributed by atoms with E-state index in [1.54, 1.807) is 13.8 Å². The maximum absolute atomic E-state index is 12.5. The Balaban J connectivity index is 2.09. The van der Waals surface area contributed by atoms with Crippen molar-refractivity contribution in [3.8, 4) is 0 Å². The van der Waals surface area contributed by atoms with E-state index in [1.165, 1.54) is 25.2 Å². The molecule has 0 saturated carbocycles. The first-order valence-electron chi connectivity index (χ1n) is 7.27. The molecule has 0 radical (unpaired) electrons. The summed E-state index contributed by atoms with van der Waals surface area (Å²) in [6.07, 6.45) is -0.754. The Bertz CT molecular complexity index is 743. The maximum Gasteiger partial charge on any atom is 0.311 e. The highest BCUT2D eigenvalue weighted by Crippen LogP contribution is 2.20. The van der Waals surface area contributed by atoms with Crippen LogP contribution in [-0.2, 0) is 16.0 Å². The van der Waals surface area contributed by atoms with E-state index in [-0.39, 0.29) is 18.0 Å². The van der Waals surface area contributed by atoms with Crippen molar-refractivity contribution in [3.05, 3.63) is 44.9 Å². The van der Waals surface area contributed by atoms with Crippen LogP contribution in [0.5, 0.6) is 0 Å². The van der Waals surface area contributed by atoms with E-state index in [9.17, 15) is 14.4 Å². The molecule has 0 aliphatic heterocycles. The molecule has 2 rings (SSSR count). The molecule has 0 aliphatic carbocycles. The van der Waals surface area contributed by atoms with E-state index in [0.29, 0.717) is 22.5 Å². The van der Waals surface area contributed by atoms with Gasteiger partial charge in [0.1, 0.15) is 0 Å². The van der Waals surface area contributed by atoms with Crippen LogP contribution in [0.15, 0.2) is 17.5 Å². The van der Waals surface area contributed by atoms with Crippen molar-refractivity contribution in [2.45, 2.75) is 40.2 Å². The van der Waals surface area contributed by atoms with Crippen LogP contribution >= 0.6 is 11.3 Å². The monoisotopic (exact) mass is 333 g/mol. The number of hydrogen-bond donors (Lipinski definition) is 1. The fourth-order valence-corrected chi connectivity index (χ4v) is 3.27.